The molecule has 21 heavy (non-hydrogen) atoms. The summed E-state index contributed by atoms with van der Waals surface area (Å²) in [6, 6.07) is 10.3. The largest absolute Gasteiger partial charge is 0.357 e. The highest BCUT2D eigenvalue weighted by Gasteiger charge is 1.97. The Morgan fingerprint density at radius 1 is 1.24 bits per heavy atom. The van der Waals surface area contributed by atoms with Crippen LogP contribution in [0.3, 0.4) is 0 Å². The van der Waals surface area contributed by atoms with E-state index in [1.54, 1.807) is 6.20 Å². The molecule has 0 spiro atoms. The summed E-state index contributed by atoms with van der Waals surface area (Å²) >= 11 is 0. The van der Waals surface area contributed by atoms with Crippen LogP contribution in [0.4, 0.5) is 0 Å². The van der Waals surface area contributed by atoms with Gasteiger partial charge in [-0.2, -0.15) is 0 Å². The predicted octanol–water partition coefficient (Wildman–Crippen LogP) is 2.03. The van der Waals surface area contributed by atoms with E-state index in [0.717, 1.165) is 32.0 Å². The van der Waals surface area contributed by atoms with Crippen molar-refractivity contribution in [3.63, 3.8) is 0 Å². The second-order valence-electron chi connectivity index (χ2n) is 4.76. The summed E-state index contributed by atoms with van der Waals surface area (Å²) in [7, 11) is 0. The van der Waals surface area contributed by atoms with Crippen LogP contribution in [0.15, 0.2) is 54.0 Å². The molecular weight excluding hydrogens is 262 g/mol. The summed E-state index contributed by atoms with van der Waals surface area (Å²) in [5.74, 6) is 0.868. The second kappa shape index (κ2) is 8.79. The minimum atomic E-state index is 0.692. The van der Waals surface area contributed by atoms with Crippen molar-refractivity contribution >= 4 is 5.96 Å². The van der Waals surface area contributed by atoms with Crippen LogP contribution in [0.25, 0.3) is 0 Å². The molecule has 1 aromatic carbocycles. The lowest BCUT2D eigenvalue weighted by atomic mass is 10.2. The number of imidazole rings is 1. The van der Waals surface area contributed by atoms with Gasteiger partial charge in [0.2, 0.25) is 0 Å². The van der Waals surface area contributed by atoms with Gasteiger partial charge in [-0.25, -0.2) is 9.98 Å². The van der Waals surface area contributed by atoms with Crippen LogP contribution in [0.5, 0.6) is 0 Å². The maximum atomic E-state index is 4.59. The van der Waals surface area contributed by atoms with Gasteiger partial charge in [-0.05, 0) is 18.9 Å². The normalized spacial score (nSPS) is 11.4. The van der Waals surface area contributed by atoms with E-state index in [9.17, 15) is 0 Å². The Hall–Kier alpha value is -2.30. The molecule has 0 unspecified atom stereocenters. The molecule has 0 saturated heterocycles. The summed E-state index contributed by atoms with van der Waals surface area (Å²) < 4.78 is 2.08. The standard InChI is InChI=1S/C16H23N5/c1-2-18-16(20-13-15-7-4-3-5-8-15)19-9-6-11-21-12-10-17-14-21/h3-5,7-8,10,12,14H,2,6,9,11,13H2,1H3,(H2,18,19,20). The van der Waals surface area contributed by atoms with E-state index in [-0.39, 0.29) is 0 Å². The zero-order valence-electron chi connectivity index (χ0n) is 12.5. The Labute approximate surface area is 126 Å². The lowest BCUT2D eigenvalue weighted by molar-refractivity contribution is 0.624. The van der Waals surface area contributed by atoms with E-state index in [1.165, 1.54) is 5.56 Å². The Kier molecular flexibility index (Phi) is 6.32. The number of hydrogen-bond acceptors (Lipinski definition) is 2. The van der Waals surface area contributed by atoms with Gasteiger partial charge in [0.15, 0.2) is 5.96 Å². The molecule has 0 aliphatic rings. The summed E-state index contributed by atoms with van der Waals surface area (Å²) in [4.78, 5) is 8.63. The molecule has 5 nitrogen and oxygen atoms in total. The molecular formula is C16H23N5. The van der Waals surface area contributed by atoms with Crippen LogP contribution in [0, 0.1) is 0 Å². The molecule has 2 N–H and O–H groups in total. The minimum Gasteiger partial charge on any atom is -0.357 e. The molecule has 112 valence electrons. The lowest BCUT2D eigenvalue weighted by Gasteiger charge is -2.11. The van der Waals surface area contributed by atoms with Gasteiger partial charge >= 0.3 is 0 Å². The van der Waals surface area contributed by atoms with Gasteiger partial charge in [0, 0.05) is 32.0 Å². The molecule has 2 rings (SSSR count). The highest BCUT2D eigenvalue weighted by molar-refractivity contribution is 5.79. The van der Waals surface area contributed by atoms with Crippen molar-refractivity contribution in [3.8, 4) is 0 Å². The number of aromatic nitrogens is 2. The maximum Gasteiger partial charge on any atom is 0.191 e. The highest BCUT2D eigenvalue weighted by Crippen LogP contribution is 1.99. The first-order chi connectivity index (χ1) is 10.4. The fourth-order valence-electron chi connectivity index (χ4n) is 1.98. The maximum absolute atomic E-state index is 4.59. The first-order valence-electron chi connectivity index (χ1n) is 7.40. The second-order valence-corrected chi connectivity index (χ2v) is 4.76. The number of guanidine groups is 1. The van der Waals surface area contributed by atoms with Crippen molar-refractivity contribution in [2.45, 2.75) is 26.4 Å². The van der Waals surface area contributed by atoms with Crippen molar-refractivity contribution in [1.29, 1.82) is 0 Å². The van der Waals surface area contributed by atoms with Crippen LogP contribution in [0.1, 0.15) is 18.9 Å². The van der Waals surface area contributed by atoms with Gasteiger partial charge in [-0.15, -0.1) is 0 Å². The molecule has 0 fully saturated rings. The van der Waals surface area contributed by atoms with Gasteiger partial charge < -0.3 is 15.2 Å². The minimum absolute atomic E-state index is 0.692. The first kappa shape index (κ1) is 15.1. The van der Waals surface area contributed by atoms with Crippen molar-refractivity contribution in [2.24, 2.45) is 4.99 Å². The van der Waals surface area contributed by atoms with Gasteiger partial charge in [-0.3, -0.25) is 0 Å². The number of benzene rings is 1. The Balaban J connectivity index is 1.75. The molecule has 0 bridgehead atoms. The molecule has 0 saturated carbocycles. The third-order valence-electron chi connectivity index (χ3n) is 3.05. The molecule has 0 amide bonds. The van der Waals surface area contributed by atoms with Crippen molar-refractivity contribution in [2.75, 3.05) is 13.1 Å². The number of nitrogens with zero attached hydrogens (tertiary/aromatic N) is 3. The predicted molar refractivity (Wildman–Crippen MR) is 86.1 cm³/mol. The van der Waals surface area contributed by atoms with Gasteiger partial charge in [0.25, 0.3) is 0 Å². The van der Waals surface area contributed by atoms with Crippen molar-refractivity contribution in [1.82, 2.24) is 20.2 Å². The van der Waals surface area contributed by atoms with Gasteiger partial charge in [0.05, 0.1) is 12.9 Å². The van der Waals surface area contributed by atoms with Crippen LogP contribution < -0.4 is 10.6 Å². The van der Waals surface area contributed by atoms with Crippen LogP contribution in [-0.4, -0.2) is 28.6 Å². The quantitative estimate of drug-likeness (QED) is 0.465. The van der Waals surface area contributed by atoms with Crippen molar-refractivity contribution in [3.05, 3.63) is 54.6 Å². The van der Waals surface area contributed by atoms with Gasteiger partial charge in [-0.1, -0.05) is 30.3 Å². The molecule has 5 heteroatoms. The first-order valence-corrected chi connectivity index (χ1v) is 7.40. The smallest absolute Gasteiger partial charge is 0.191 e. The summed E-state index contributed by atoms with van der Waals surface area (Å²) in [5.41, 5.74) is 1.22. The van der Waals surface area contributed by atoms with E-state index in [4.69, 9.17) is 0 Å². The molecule has 1 heterocycles. The van der Waals surface area contributed by atoms with Crippen LogP contribution in [-0.2, 0) is 13.1 Å². The molecule has 0 atom stereocenters. The average molecular weight is 285 g/mol. The fraction of sp³-hybridized carbons (Fsp3) is 0.375. The zero-order chi connectivity index (χ0) is 14.8. The molecule has 1 aromatic heterocycles. The third kappa shape index (κ3) is 5.69. The van der Waals surface area contributed by atoms with E-state index in [2.05, 4.69) is 44.2 Å². The topological polar surface area (TPSA) is 54.2 Å². The third-order valence-corrected chi connectivity index (χ3v) is 3.05. The lowest BCUT2D eigenvalue weighted by Crippen LogP contribution is -2.38. The monoisotopic (exact) mass is 285 g/mol. The highest BCUT2D eigenvalue weighted by atomic mass is 15.2. The van der Waals surface area contributed by atoms with Crippen molar-refractivity contribution < 1.29 is 0 Å². The zero-order valence-corrected chi connectivity index (χ0v) is 12.5. The Morgan fingerprint density at radius 3 is 2.81 bits per heavy atom. The van der Waals surface area contributed by atoms with E-state index < -0.39 is 0 Å². The van der Waals surface area contributed by atoms with E-state index in [1.807, 2.05) is 30.7 Å². The van der Waals surface area contributed by atoms with Crippen LogP contribution in [0.2, 0.25) is 0 Å². The molecule has 0 radical (unpaired) electrons. The van der Waals surface area contributed by atoms with E-state index in [0.29, 0.717) is 6.54 Å². The Bertz CT molecular complexity index is 519. The Morgan fingerprint density at radius 2 is 2.10 bits per heavy atom. The van der Waals surface area contributed by atoms with Gasteiger partial charge in [0.1, 0.15) is 0 Å². The average Bonchev–Trinajstić information content (AvgIpc) is 3.03. The fourth-order valence-corrected chi connectivity index (χ4v) is 1.98. The molecule has 0 aliphatic carbocycles. The number of nitrogens with one attached hydrogen (secondary N) is 2. The number of hydrogen-bond donors (Lipinski definition) is 2. The summed E-state index contributed by atoms with van der Waals surface area (Å²) in [6.07, 6.45) is 6.66. The number of rotatable bonds is 7. The SMILES string of the molecule is CCNC(=NCc1ccccc1)NCCCn1ccnc1. The molecule has 0 aliphatic heterocycles. The summed E-state index contributed by atoms with van der Waals surface area (Å²) in [6.45, 7) is 5.48. The van der Waals surface area contributed by atoms with E-state index >= 15 is 0 Å². The summed E-state index contributed by atoms with van der Waals surface area (Å²) in [5, 5.41) is 6.62. The van der Waals surface area contributed by atoms with Crippen LogP contribution >= 0.6 is 0 Å². The number of aryl methyl sites for hydroxylation is 1. The number of aliphatic imine (C=N–C) groups is 1. The molecule has 2 aromatic rings.